The predicted octanol–water partition coefficient (Wildman–Crippen LogP) is 3.27. The zero-order valence-corrected chi connectivity index (χ0v) is 15.4. The number of nitrogens with zero attached hydrogens (tertiary/aromatic N) is 1. The molecule has 138 valence electrons. The molecule has 5 nitrogen and oxygen atoms in total. The molecule has 1 heterocycles. The van der Waals surface area contributed by atoms with Crippen molar-refractivity contribution in [2.45, 2.75) is 31.8 Å². The Balaban J connectivity index is 2.07. The molecule has 2 atom stereocenters. The van der Waals surface area contributed by atoms with Gasteiger partial charge in [-0.05, 0) is 35.2 Å². The fourth-order valence-electron chi connectivity index (χ4n) is 3.81. The van der Waals surface area contributed by atoms with Gasteiger partial charge in [0.2, 0.25) is 5.91 Å². The van der Waals surface area contributed by atoms with Gasteiger partial charge in [0.15, 0.2) is 11.5 Å². The van der Waals surface area contributed by atoms with Crippen molar-refractivity contribution in [3.05, 3.63) is 59.2 Å². The summed E-state index contributed by atoms with van der Waals surface area (Å²) in [7, 11) is 3.20. The molecule has 0 unspecified atom stereocenters. The van der Waals surface area contributed by atoms with Crippen LogP contribution in [-0.2, 0) is 11.2 Å². The van der Waals surface area contributed by atoms with E-state index in [9.17, 15) is 9.90 Å². The molecule has 0 radical (unpaired) electrons. The van der Waals surface area contributed by atoms with Gasteiger partial charge in [0.05, 0.1) is 39.3 Å². The van der Waals surface area contributed by atoms with E-state index >= 15 is 0 Å². The topological polar surface area (TPSA) is 59.0 Å². The fraction of sp³-hybridized carbons (Fsp3) is 0.381. The van der Waals surface area contributed by atoms with E-state index in [4.69, 9.17) is 9.47 Å². The van der Waals surface area contributed by atoms with Crippen LogP contribution < -0.4 is 9.47 Å². The third-order valence-electron chi connectivity index (χ3n) is 5.05. The second-order valence-electron chi connectivity index (χ2n) is 6.42. The molecule has 0 aliphatic carbocycles. The molecule has 0 saturated carbocycles. The lowest BCUT2D eigenvalue weighted by molar-refractivity contribution is -0.138. The van der Waals surface area contributed by atoms with Crippen molar-refractivity contribution in [3.63, 3.8) is 0 Å². The van der Waals surface area contributed by atoms with Gasteiger partial charge < -0.3 is 19.5 Å². The zero-order chi connectivity index (χ0) is 18.7. The zero-order valence-electron chi connectivity index (χ0n) is 15.4. The number of rotatable bonds is 6. The summed E-state index contributed by atoms with van der Waals surface area (Å²) in [5.74, 6) is 1.29. The molecule has 2 aromatic rings. The summed E-state index contributed by atoms with van der Waals surface area (Å²) < 4.78 is 10.8. The van der Waals surface area contributed by atoms with Gasteiger partial charge in [-0.1, -0.05) is 37.3 Å². The fourth-order valence-corrected chi connectivity index (χ4v) is 3.81. The van der Waals surface area contributed by atoms with Crippen LogP contribution in [0.25, 0.3) is 0 Å². The van der Waals surface area contributed by atoms with Crippen molar-refractivity contribution < 1.29 is 19.4 Å². The maximum atomic E-state index is 13.0. The SMILES string of the molecule is CC[C@H]1c2cc(OC)c(OC)cc2CC(=O)N1[C@@H](CO)c1ccccc1. The Hall–Kier alpha value is -2.53. The van der Waals surface area contributed by atoms with Crippen molar-refractivity contribution in [3.8, 4) is 11.5 Å². The molecule has 0 saturated heterocycles. The molecule has 1 aliphatic rings. The molecule has 0 aromatic heterocycles. The molecule has 0 spiro atoms. The lowest BCUT2D eigenvalue weighted by Gasteiger charge is -2.42. The number of ether oxygens (including phenoxy) is 2. The Kier molecular flexibility index (Phi) is 5.47. The second kappa shape index (κ2) is 7.79. The largest absolute Gasteiger partial charge is 0.493 e. The smallest absolute Gasteiger partial charge is 0.228 e. The number of hydrogen-bond acceptors (Lipinski definition) is 4. The molecule has 3 rings (SSSR count). The molecular formula is C21H25NO4. The van der Waals surface area contributed by atoms with Crippen molar-refractivity contribution in [2.24, 2.45) is 0 Å². The summed E-state index contributed by atoms with van der Waals surface area (Å²) in [5, 5.41) is 10.1. The molecule has 5 heteroatoms. The highest BCUT2D eigenvalue weighted by atomic mass is 16.5. The molecule has 1 amide bonds. The Bertz CT molecular complexity index is 775. The summed E-state index contributed by atoms with van der Waals surface area (Å²) in [6.07, 6.45) is 1.03. The molecule has 0 bridgehead atoms. The molecule has 26 heavy (non-hydrogen) atoms. The number of aliphatic hydroxyl groups is 1. The van der Waals surface area contributed by atoms with Crippen molar-refractivity contribution in [1.82, 2.24) is 4.90 Å². The van der Waals surface area contributed by atoms with Gasteiger partial charge in [0, 0.05) is 0 Å². The first-order chi connectivity index (χ1) is 12.6. The minimum atomic E-state index is -0.366. The van der Waals surface area contributed by atoms with Crippen LogP contribution in [0.2, 0.25) is 0 Å². The first-order valence-corrected chi connectivity index (χ1v) is 8.86. The van der Waals surface area contributed by atoms with E-state index in [1.807, 2.05) is 47.4 Å². The molecular weight excluding hydrogens is 330 g/mol. The van der Waals surface area contributed by atoms with Crippen molar-refractivity contribution in [1.29, 1.82) is 0 Å². The highest BCUT2D eigenvalue weighted by Crippen LogP contribution is 2.42. The molecule has 1 aliphatic heterocycles. The van der Waals surface area contributed by atoms with E-state index in [0.717, 1.165) is 23.1 Å². The number of carbonyl (C=O) groups excluding carboxylic acids is 1. The number of hydrogen-bond donors (Lipinski definition) is 1. The molecule has 0 fully saturated rings. The van der Waals surface area contributed by atoms with E-state index < -0.39 is 0 Å². The third kappa shape index (κ3) is 3.15. The number of amides is 1. The second-order valence-corrected chi connectivity index (χ2v) is 6.42. The number of fused-ring (bicyclic) bond motifs is 1. The van der Waals surface area contributed by atoms with E-state index in [-0.39, 0.29) is 31.0 Å². The van der Waals surface area contributed by atoms with Gasteiger partial charge in [-0.25, -0.2) is 0 Å². The summed E-state index contributed by atoms with van der Waals surface area (Å²) in [6.45, 7) is 1.94. The van der Waals surface area contributed by atoms with Gasteiger partial charge in [-0.15, -0.1) is 0 Å². The summed E-state index contributed by atoms with van der Waals surface area (Å²) in [5.41, 5.74) is 2.95. The lowest BCUT2D eigenvalue weighted by Crippen LogP contribution is -2.43. The Labute approximate surface area is 154 Å². The maximum Gasteiger partial charge on any atom is 0.228 e. The van der Waals surface area contributed by atoms with Crippen LogP contribution in [0.5, 0.6) is 11.5 Å². The van der Waals surface area contributed by atoms with Crippen LogP contribution in [0, 0.1) is 0 Å². The monoisotopic (exact) mass is 355 g/mol. The van der Waals surface area contributed by atoms with Crippen molar-refractivity contribution in [2.75, 3.05) is 20.8 Å². The van der Waals surface area contributed by atoms with Crippen LogP contribution in [0.4, 0.5) is 0 Å². The molecule has 2 aromatic carbocycles. The lowest BCUT2D eigenvalue weighted by atomic mass is 9.87. The number of methoxy groups -OCH3 is 2. The Morgan fingerprint density at radius 2 is 1.81 bits per heavy atom. The average Bonchev–Trinajstić information content (AvgIpc) is 2.68. The quantitative estimate of drug-likeness (QED) is 0.864. The normalized spacial score (nSPS) is 17.6. The van der Waals surface area contributed by atoms with E-state index in [1.165, 1.54) is 0 Å². The minimum Gasteiger partial charge on any atom is -0.493 e. The number of benzene rings is 2. The maximum absolute atomic E-state index is 13.0. The van der Waals surface area contributed by atoms with Gasteiger partial charge in [-0.2, -0.15) is 0 Å². The highest BCUT2D eigenvalue weighted by Gasteiger charge is 2.37. The predicted molar refractivity (Wildman–Crippen MR) is 99.4 cm³/mol. The minimum absolute atomic E-state index is 0.0134. The van der Waals surface area contributed by atoms with E-state index in [2.05, 4.69) is 6.92 Å². The van der Waals surface area contributed by atoms with Crippen molar-refractivity contribution >= 4 is 5.91 Å². The van der Waals surface area contributed by atoms with Gasteiger partial charge in [0.25, 0.3) is 0 Å². The Morgan fingerprint density at radius 1 is 1.15 bits per heavy atom. The van der Waals surface area contributed by atoms with Crippen LogP contribution in [0.3, 0.4) is 0 Å². The van der Waals surface area contributed by atoms with Crippen LogP contribution in [0.1, 0.15) is 42.1 Å². The Morgan fingerprint density at radius 3 is 2.38 bits per heavy atom. The van der Waals surface area contributed by atoms with Crippen LogP contribution in [0.15, 0.2) is 42.5 Å². The van der Waals surface area contributed by atoms with Crippen LogP contribution >= 0.6 is 0 Å². The molecule has 1 N–H and O–H groups in total. The van der Waals surface area contributed by atoms with Gasteiger partial charge >= 0.3 is 0 Å². The first kappa shape index (κ1) is 18.3. The number of aliphatic hydroxyl groups excluding tert-OH is 1. The third-order valence-corrected chi connectivity index (χ3v) is 5.05. The standard InChI is InChI=1S/C21H25NO4/c1-4-17-16-12-20(26-3)19(25-2)10-15(16)11-21(24)22(17)18(13-23)14-8-6-5-7-9-14/h5-10,12,17-18,23H,4,11,13H2,1-3H3/t17-,18-/m0/s1. The summed E-state index contributed by atoms with van der Waals surface area (Å²) >= 11 is 0. The average molecular weight is 355 g/mol. The van der Waals surface area contributed by atoms with E-state index in [1.54, 1.807) is 14.2 Å². The number of carbonyl (C=O) groups is 1. The van der Waals surface area contributed by atoms with Gasteiger partial charge in [0.1, 0.15) is 0 Å². The summed E-state index contributed by atoms with van der Waals surface area (Å²) in [6, 6.07) is 13.0. The van der Waals surface area contributed by atoms with Gasteiger partial charge in [-0.3, -0.25) is 4.79 Å². The van der Waals surface area contributed by atoms with Crippen LogP contribution in [-0.4, -0.2) is 36.7 Å². The highest BCUT2D eigenvalue weighted by molar-refractivity contribution is 5.83. The van der Waals surface area contributed by atoms with E-state index in [0.29, 0.717) is 11.5 Å². The summed E-state index contributed by atoms with van der Waals surface area (Å²) in [4.78, 5) is 14.8. The first-order valence-electron chi connectivity index (χ1n) is 8.86.